The van der Waals surface area contributed by atoms with Crippen molar-refractivity contribution >= 4 is 35.6 Å². The van der Waals surface area contributed by atoms with Gasteiger partial charge in [-0.1, -0.05) is 12.1 Å². The summed E-state index contributed by atoms with van der Waals surface area (Å²) in [6.45, 7) is 0.504. The second-order valence-electron chi connectivity index (χ2n) is 6.17. The van der Waals surface area contributed by atoms with Gasteiger partial charge in [0, 0.05) is 6.07 Å². The second-order valence-corrected chi connectivity index (χ2v) is 6.17. The number of aliphatic imine (C=N–C) groups is 1. The molecule has 0 aromatic heterocycles. The number of hydrogen-bond acceptors (Lipinski definition) is 5. The van der Waals surface area contributed by atoms with E-state index in [9.17, 15) is 0 Å². The molecule has 0 aliphatic rings. The lowest BCUT2D eigenvalue weighted by Gasteiger charge is -2.23. The molecule has 3 N–H and O–H groups in total. The normalized spacial score (nSPS) is 12.1. The maximum absolute atomic E-state index is 6.10. The van der Waals surface area contributed by atoms with E-state index in [4.69, 9.17) is 19.9 Å². The Labute approximate surface area is 183 Å². The molecule has 0 heterocycles. The van der Waals surface area contributed by atoms with Crippen molar-refractivity contribution in [2.24, 2.45) is 10.7 Å². The van der Waals surface area contributed by atoms with Crippen LogP contribution in [0, 0.1) is 0 Å². The Hall–Kier alpha value is -2.20. The van der Waals surface area contributed by atoms with E-state index in [1.54, 1.807) is 21.3 Å². The highest BCUT2D eigenvalue weighted by Crippen LogP contribution is 2.28. The standard InChI is InChI=1S/C20H28N4O3.HI/c1-24(2)18(14-6-8-15(25-3)9-7-14)13-22-20(21)23-17-12-16(26-4)10-11-19(17)27-5;/h6-12,18H,13H2,1-5H3,(H3,21,22,23);1H. The fourth-order valence-electron chi connectivity index (χ4n) is 2.67. The van der Waals surface area contributed by atoms with Crippen LogP contribution in [0.25, 0.3) is 0 Å². The molecule has 0 aliphatic carbocycles. The molecule has 2 aromatic carbocycles. The molecule has 0 amide bonds. The first-order valence-electron chi connectivity index (χ1n) is 8.57. The van der Waals surface area contributed by atoms with Crippen LogP contribution in [-0.2, 0) is 0 Å². The SMILES string of the molecule is COc1ccc(C(CN=C(N)Nc2cc(OC)ccc2OC)N(C)C)cc1.I. The third kappa shape index (κ3) is 6.45. The van der Waals surface area contributed by atoms with Gasteiger partial charge in [0.05, 0.1) is 39.6 Å². The molecule has 1 atom stereocenters. The number of benzene rings is 2. The molecule has 154 valence electrons. The third-order valence-electron chi connectivity index (χ3n) is 4.23. The molecule has 0 saturated carbocycles. The van der Waals surface area contributed by atoms with Gasteiger partial charge < -0.3 is 30.2 Å². The summed E-state index contributed by atoms with van der Waals surface area (Å²) in [5.74, 6) is 2.50. The fourth-order valence-corrected chi connectivity index (χ4v) is 2.67. The second kappa shape index (κ2) is 11.6. The molecule has 0 fully saturated rings. The maximum Gasteiger partial charge on any atom is 0.193 e. The first-order chi connectivity index (χ1) is 13.0. The molecule has 28 heavy (non-hydrogen) atoms. The van der Waals surface area contributed by atoms with Crippen LogP contribution in [0.4, 0.5) is 5.69 Å². The minimum absolute atomic E-state index is 0. The van der Waals surface area contributed by atoms with Gasteiger partial charge >= 0.3 is 0 Å². The van der Waals surface area contributed by atoms with Crippen LogP contribution >= 0.6 is 24.0 Å². The van der Waals surface area contributed by atoms with Gasteiger partial charge in [0.25, 0.3) is 0 Å². The minimum atomic E-state index is 0. The zero-order valence-electron chi connectivity index (χ0n) is 16.9. The number of hydrogen-bond donors (Lipinski definition) is 2. The largest absolute Gasteiger partial charge is 0.497 e. The van der Waals surface area contributed by atoms with Crippen LogP contribution in [-0.4, -0.2) is 52.8 Å². The van der Waals surface area contributed by atoms with Crippen molar-refractivity contribution in [3.8, 4) is 17.2 Å². The Bertz CT molecular complexity index is 767. The van der Waals surface area contributed by atoms with Crippen molar-refractivity contribution in [3.63, 3.8) is 0 Å². The van der Waals surface area contributed by atoms with Crippen LogP contribution < -0.4 is 25.3 Å². The van der Waals surface area contributed by atoms with Crippen LogP contribution in [0.3, 0.4) is 0 Å². The number of ether oxygens (including phenoxy) is 3. The third-order valence-corrected chi connectivity index (χ3v) is 4.23. The Morgan fingerprint density at radius 1 is 1.00 bits per heavy atom. The first kappa shape index (κ1) is 23.8. The van der Waals surface area contributed by atoms with Crippen LogP contribution in [0.5, 0.6) is 17.2 Å². The summed E-state index contributed by atoms with van der Waals surface area (Å²) in [6.07, 6.45) is 0. The molecule has 8 heteroatoms. The Balaban J connectivity index is 0.00000392. The van der Waals surface area contributed by atoms with Crippen LogP contribution in [0.1, 0.15) is 11.6 Å². The van der Waals surface area contributed by atoms with E-state index in [0.29, 0.717) is 29.7 Å². The summed E-state index contributed by atoms with van der Waals surface area (Å²) in [6, 6.07) is 13.5. The number of nitrogens with zero attached hydrogens (tertiary/aromatic N) is 2. The minimum Gasteiger partial charge on any atom is -0.497 e. The zero-order chi connectivity index (χ0) is 19.8. The van der Waals surface area contributed by atoms with Gasteiger partial charge in [0.2, 0.25) is 0 Å². The number of halogens is 1. The van der Waals surface area contributed by atoms with Crippen LogP contribution in [0.15, 0.2) is 47.5 Å². The topological polar surface area (TPSA) is 81.3 Å². The molecule has 0 spiro atoms. The van der Waals surface area contributed by atoms with Crippen molar-refractivity contribution in [3.05, 3.63) is 48.0 Å². The van der Waals surface area contributed by atoms with E-state index in [-0.39, 0.29) is 30.0 Å². The van der Waals surface area contributed by atoms with E-state index >= 15 is 0 Å². The average Bonchev–Trinajstić information content (AvgIpc) is 2.68. The molecule has 2 rings (SSSR count). The molecular formula is C20H29IN4O3. The highest BCUT2D eigenvalue weighted by atomic mass is 127. The van der Waals surface area contributed by atoms with Gasteiger partial charge in [-0.2, -0.15) is 0 Å². The summed E-state index contributed by atoms with van der Waals surface area (Å²) in [4.78, 5) is 6.61. The first-order valence-corrected chi connectivity index (χ1v) is 8.57. The predicted molar refractivity (Wildman–Crippen MR) is 124 cm³/mol. The number of nitrogens with two attached hydrogens (primary N) is 1. The van der Waals surface area contributed by atoms with E-state index in [0.717, 1.165) is 11.3 Å². The van der Waals surface area contributed by atoms with Gasteiger partial charge in [-0.25, -0.2) is 0 Å². The molecule has 2 aromatic rings. The summed E-state index contributed by atoms with van der Waals surface area (Å²) in [5.41, 5.74) is 7.93. The zero-order valence-corrected chi connectivity index (χ0v) is 19.3. The number of methoxy groups -OCH3 is 3. The van der Waals surface area contributed by atoms with Crippen molar-refractivity contribution < 1.29 is 14.2 Å². The Morgan fingerprint density at radius 3 is 2.14 bits per heavy atom. The number of nitrogens with one attached hydrogen (secondary N) is 1. The van der Waals surface area contributed by atoms with Gasteiger partial charge in [-0.3, -0.25) is 4.99 Å². The van der Waals surface area contributed by atoms with Crippen molar-refractivity contribution in [1.82, 2.24) is 4.90 Å². The number of guanidine groups is 1. The van der Waals surface area contributed by atoms with Gasteiger partial charge in [-0.05, 0) is 43.9 Å². The van der Waals surface area contributed by atoms with Crippen molar-refractivity contribution in [1.29, 1.82) is 0 Å². The lowest BCUT2D eigenvalue weighted by atomic mass is 10.1. The monoisotopic (exact) mass is 500 g/mol. The van der Waals surface area contributed by atoms with E-state index in [1.165, 1.54) is 0 Å². The number of anilines is 1. The van der Waals surface area contributed by atoms with Gasteiger partial charge in [0.1, 0.15) is 17.2 Å². The average molecular weight is 500 g/mol. The molecule has 0 bridgehead atoms. The lowest BCUT2D eigenvalue weighted by Crippen LogP contribution is -2.27. The molecule has 7 nitrogen and oxygen atoms in total. The summed E-state index contributed by atoms with van der Waals surface area (Å²) >= 11 is 0. The fraction of sp³-hybridized carbons (Fsp3) is 0.350. The highest BCUT2D eigenvalue weighted by molar-refractivity contribution is 14.0. The summed E-state index contributed by atoms with van der Waals surface area (Å²) in [7, 11) is 8.89. The van der Waals surface area contributed by atoms with E-state index in [1.807, 2.05) is 56.6 Å². The summed E-state index contributed by atoms with van der Waals surface area (Å²) < 4.78 is 15.8. The van der Waals surface area contributed by atoms with E-state index < -0.39 is 0 Å². The Morgan fingerprint density at radius 2 is 1.61 bits per heavy atom. The van der Waals surface area contributed by atoms with Gasteiger partial charge in [-0.15, -0.1) is 24.0 Å². The number of likely N-dealkylation sites (N-methyl/N-ethyl adjacent to an activating group) is 1. The van der Waals surface area contributed by atoms with Crippen LogP contribution in [0.2, 0.25) is 0 Å². The summed E-state index contributed by atoms with van der Waals surface area (Å²) in [5, 5.41) is 3.08. The highest BCUT2D eigenvalue weighted by Gasteiger charge is 2.14. The Kier molecular flexibility index (Phi) is 9.88. The molecule has 0 radical (unpaired) electrons. The molecular weight excluding hydrogens is 471 g/mol. The smallest absolute Gasteiger partial charge is 0.193 e. The van der Waals surface area contributed by atoms with Gasteiger partial charge in [0.15, 0.2) is 5.96 Å². The molecule has 0 aliphatic heterocycles. The quantitative estimate of drug-likeness (QED) is 0.329. The lowest BCUT2D eigenvalue weighted by molar-refractivity contribution is 0.306. The number of rotatable bonds is 8. The van der Waals surface area contributed by atoms with Crippen molar-refractivity contribution in [2.75, 3.05) is 47.3 Å². The molecule has 1 unspecified atom stereocenters. The predicted octanol–water partition coefficient (Wildman–Crippen LogP) is 3.36. The maximum atomic E-state index is 6.10. The van der Waals surface area contributed by atoms with E-state index in [2.05, 4.69) is 15.2 Å². The van der Waals surface area contributed by atoms with Crippen molar-refractivity contribution in [2.45, 2.75) is 6.04 Å². The molecule has 0 saturated heterocycles.